The van der Waals surface area contributed by atoms with Gasteiger partial charge in [0, 0.05) is 16.9 Å². The number of anilines is 2. The van der Waals surface area contributed by atoms with Crippen molar-refractivity contribution in [2.24, 2.45) is 0 Å². The highest BCUT2D eigenvalue weighted by atomic mass is 32.2. The van der Waals surface area contributed by atoms with Gasteiger partial charge in [-0.15, -0.1) is 0 Å². The number of carbonyl (C=O) groups is 1. The third-order valence-corrected chi connectivity index (χ3v) is 3.76. The first kappa shape index (κ1) is 16.2. The van der Waals surface area contributed by atoms with Crippen LogP contribution in [0.4, 0.5) is 11.4 Å². The molecule has 2 aromatic rings. The molecule has 2 aromatic carbocycles. The minimum Gasteiger partial charge on any atom is -0.369 e. The summed E-state index contributed by atoms with van der Waals surface area (Å²) in [5.74, 6) is -1.08. The Kier molecular flexibility index (Phi) is 4.60. The number of Topliss-reactive ketones (excluding diaryl/α,β-unsaturated/α-hetero) is 1. The second-order valence-corrected chi connectivity index (χ2v) is 6.28. The summed E-state index contributed by atoms with van der Waals surface area (Å²) in [4.78, 5) is 11.7. The second-order valence-electron chi connectivity index (χ2n) is 4.80. The Balaban J connectivity index is 2.15. The molecule has 0 fully saturated rings. The van der Waals surface area contributed by atoms with Crippen molar-refractivity contribution in [2.45, 2.75) is 12.4 Å². The van der Waals surface area contributed by atoms with Crippen LogP contribution in [-0.2, 0) is 10.1 Å². The van der Waals surface area contributed by atoms with Crippen molar-refractivity contribution >= 4 is 27.3 Å². The topological polar surface area (TPSA) is 104 Å². The average molecular weight is 321 g/mol. The minimum atomic E-state index is -4.82. The summed E-state index contributed by atoms with van der Waals surface area (Å²) in [7, 11) is -4.82. The van der Waals surface area contributed by atoms with Gasteiger partial charge >= 0.3 is 0 Å². The molecule has 1 atom stereocenters. The molecular formula is C15H15NO5S. The van der Waals surface area contributed by atoms with Gasteiger partial charge in [-0.2, -0.15) is 8.42 Å². The molecule has 6 nitrogen and oxygen atoms in total. The molecule has 0 aromatic heterocycles. The highest BCUT2D eigenvalue weighted by Crippen LogP contribution is 2.19. The summed E-state index contributed by atoms with van der Waals surface area (Å²) in [6.45, 7) is 1.96. The molecule has 0 heterocycles. The molecule has 0 aliphatic heterocycles. The number of rotatable bonds is 5. The molecule has 116 valence electrons. The van der Waals surface area contributed by atoms with Gasteiger partial charge in [0.05, 0.1) is 0 Å². The Morgan fingerprint density at radius 3 is 2.27 bits per heavy atom. The predicted octanol–water partition coefficient (Wildman–Crippen LogP) is 2.13. The van der Waals surface area contributed by atoms with Gasteiger partial charge in [0.1, 0.15) is 0 Å². The van der Waals surface area contributed by atoms with Gasteiger partial charge in [0.25, 0.3) is 10.1 Å². The Labute approximate surface area is 128 Å². The molecule has 22 heavy (non-hydrogen) atoms. The predicted molar refractivity (Wildman–Crippen MR) is 82.8 cm³/mol. The quantitative estimate of drug-likeness (QED) is 0.576. The average Bonchev–Trinajstić information content (AvgIpc) is 2.45. The highest BCUT2D eigenvalue weighted by Gasteiger charge is 2.28. The summed E-state index contributed by atoms with van der Waals surface area (Å²) in [6, 6.07) is 13.6. The number of carbonyl (C=O) groups excluding carboxylic acids is 1. The molecule has 0 saturated heterocycles. The van der Waals surface area contributed by atoms with Gasteiger partial charge in [-0.3, -0.25) is 9.35 Å². The van der Waals surface area contributed by atoms with E-state index in [4.69, 9.17) is 4.55 Å². The van der Waals surface area contributed by atoms with Crippen LogP contribution in [0.5, 0.6) is 0 Å². The molecule has 2 rings (SSSR count). The highest BCUT2D eigenvalue weighted by molar-refractivity contribution is 7.87. The Morgan fingerprint density at radius 2 is 1.73 bits per heavy atom. The lowest BCUT2D eigenvalue weighted by atomic mass is 10.1. The Hall–Kier alpha value is -2.22. The molecule has 0 radical (unpaired) electrons. The van der Waals surface area contributed by atoms with E-state index in [9.17, 15) is 18.3 Å². The molecule has 0 bridgehead atoms. The second kappa shape index (κ2) is 6.27. The zero-order valence-electron chi connectivity index (χ0n) is 11.7. The number of aliphatic hydroxyl groups is 1. The van der Waals surface area contributed by atoms with Crippen molar-refractivity contribution in [2.75, 3.05) is 5.32 Å². The largest absolute Gasteiger partial charge is 0.369 e. The molecule has 0 saturated carbocycles. The van der Waals surface area contributed by atoms with Crippen molar-refractivity contribution in [3.8, 4) is 0 Å². The number of hydrogen-bond acceptors (Lipinski definition) is 5. The lowest BCUT2D eigenvalue weighted by Gasteiger charge is -2.09. The number of aryl methyl sites for hydroxylation is 1. The number of nitrogens with one attached hydrogen (secondary N) is 1. The van der Waals surface area contributed by atoms with E-state index in [1.165, 1.54) is 12.1 Å². The minimum absolute atomic E-state index is 0.0140. The van der Waals surface area contributed by atoms with E-state index in [0.717, 1.165) is 11.3 Å². The van der Waals surface area contributed by atoms with Crippen LogP contribution in [-0.4, -0.2) is 29.3 Å². The first-order chi connectivity index (χ1) is 10.3. The standard InChI is InChI=1S/C15H15NO5S/c1-10-3-2-4-13(9-10)16-12-7-5-11(6-8-12)14(17)15(18)22(19,20)21/h2-9,15-16,18H,1H3,(H,19,20,21). The maximum atomic E-state index is 11.7. The Bertz CT molecular complexity index is 784. The van der Waals surface area contributed by atoms with Gasteiger partial charge in [-0.1, -0.05) is 12.1 Å². The zero-order valence-corrected chi connectivity index (χ0v) is 12.5. The van der Waals surface area contributed by atoms with E-state index in [-0.39, 0.29) is 5.56 Å². The normalized spacial score (nSPS) is 12.7. The fourth-order valence-electron chi connectivity index (χ4n) is 1.89. The smallest absolute Gasteiger partial charge is 0.299 e. The van der Waals surface area contributed by atoms with E-state index in [0.29, 0.717) is 5.69 Å². The van der Waals surface area contributed by atoms with Crippen molar-refractivity contribution < 1.29 is 22.9 Å². The monoisotopic (exact) mass is 321 g/mol. The maximum Gasteiger partial charge on any atom is 0.299 e. The number of ketones is 1. The summed E-state index contributed by atoms with van der Waals surface area (Å²) >= 11 is 0. The molecular weight excluding hydrogens is 306 g/mol. The molecule has 0 spiro atoms. The lowest BCUT2D eigenvalue weighted by Crippen LogP contribution is -2.29. The number of aliphatic hydroxyl groups excluding tert-OH is 1. The first-order valence-corrected chi connectivity index (χ1v) is 7.90. The van der Waals surface area contributed by atoms with Gasteiger partial charge in [-0.25, -0.2) is 0 Å². The van der Waals surface area contributed by atoms with Gasteiger partial charge in [-0.05, 0) is 48.9 Å². The summed E-state index contributed by atoms with van der Waals surface area (Å²) in [5.41, 5.74) is 0.177. The van der Waals surface area contributed by atoms with Crippen molar-refractivity contribution in [3.05, 3.63) is 59.7 Å². The van der Waals surface area contributed by atoms with Gasteiger partial charge in [0.15, 0.2) is 0 Å². The van der Waals surface area contributed by atoms with Crippen LogP contribution in [0.15, 0.2) is 48.5 Å². The van der Waals surface area contributed by atoms with Gasteiger partial charge in [0.2, 0.25) is 11.2 Å². The molecule has 0 aliphatic carbocycles. The van der Waals surface area contributed by atoms with Crippen molar-refractivity contribution in [3.63, 3.8) is 0 Å². The number of hydrogen-bond donors (Lipinski definition) is 3. The summed E-state index contributed by atoms with van der Waals surface area (Å²) < 4.78 is 30.2. The van der Waals surface area contributed by atoms with Gasteiger partial charge < -0.3 is 10.4 Å². The van der Waals surface area contributed by atoms with Crippen LogP contribution < -0.4 is 5.32 Å². The van der Waals surface area contributed by atoms with Crippen molar-refractivity contribution in [1.82, 2.24) is 0 Å². The maximum absolute atomic E-state index is 11.7. The van der Waals surface area contributed by atoms with E-state index in [2.05, 4.69) is 5.32 Å². The Morgan fingerprint density at radius 1 is 1.09 bits per heavy atom. The number of benzene rings is 2. The van der Waals surface area contributed by atoms with E-state index >= 15 is 0 Å². The fourth-order valence-corrected chi connectivity index (χ4v) is 2.29. The molecule has 0 aliphatic rings. The van der Waals surface area contributed by atoms with Crippen LogP contribution in [0.2, 0.25) is 0 Å². The zero-order chi connectivity index (χ0) is 16.3. The van der Waals surface area contributed by atoms with E-state index in [1.807, 2.05) is 31.2 Å². The van der Waals surface area contributed by atoms with Crippen LogP contribution in [0.25, 0.3) is 0 Å². The molecule has 1 unspecified atom stereocenters. The third kappa shape index (κ3) is 3.91. The van der Waals surface area contributed by atoms with Crippen LogP contribution in [0.1, 0.15) is 15.9 Å². The molecule has 7 heteroatoms. The third-order valence-electron chi connectivity index (χ3n) is 2.98. The van der Waals surface area contributed by atoms with Crippen LogP contribution in [0, 0.1) is 6.92 Å². The fraction of sp³-hybridized carbons (Fsp3) is 0.133. The first-order valence-electron chi connectivity index (χ1n) is 6.40. The SMILES string of the molecule is Cc1cccc(Nc2ccc(C(=O)C(O)S(=O)(=O)O)cc2)c1. The molecule has 0 amide bonds. The van der Waals surface area contributed by atoms with Crippen LogP contribution >= 0.6 is 0 Å². The molecule has 3 N–H and O–H groups in total. The van der Waals surface area contributed by atoms with Crippen LogP contribution in [0.3, 0.4) is 0 Å². The summed E-state index contributed by atoms with van der Waals surface area (Å²) in [6.07, 6.45) is 0. The van der Waals surface area contributed by atoms with E-state index in [1.54, 1.807) is 12.1 Å². The van der Waals surface area contributed by atoms with E-state index < -0.39 is 21.3 Å². The summed E-state index contributed by atoms with van der Waals surface area (Å²) in [5, 5.41) is 12.4. The lowest BCUT2D eigenvalue weighted by molar-refractivity contribution is 0.0848. The van der Waals surface area contributed by atoms with Crippen molar-refractivity contribution in [1.29, 1.82) is 0 Å².